The number of carbonyl (C=O) groups is 2. The Kier molecular flexibility index (Phi) is 6.07. The number of anilines is 2. The number of carbonyl (C=O) groups excluding carboxylic acids is 2. The van der Waals surface area contributed by atoms with E-state index in [1.54, 1.807) is 10.6 Å². The van der Waals surface area contributed by atoms with E-state index < -0.39 is 23.7 Å². The fourth-order valence-corrected chi connectivity index (χ4v) is 2.30. The van der Waals surface area contributed by atoms with E-state index in [2.05, 4.69) is 31.9 Å². The molecule has 0 aliphatic carbocycles. The van der Waals surface area contributed by atoms with Crippen LogP contribution in [0, 0.1) is 0 Å². The van der Waals surface area contributed by atoms with Crippen LogP contribution >= 0.6 is 31.9 Å². The summed E-state index contributed by atoms with van der Waals surface area (Å²) in [4.78, 5) is 23.3. The molecule has 4 nitrogen and oxygen atoms in total. The van der Waals surface area contributed by atoms with Gasteiger partial charge in [0.05, 0.1) is 0 Å². The van der Waals surface area contributed by atoms with Crippen molar-refractivity contribution in [3.8, 4) is 0 Å². The minimum absolute atomic E-state index is 0.123. The molecule has 0 saturated carbocycles. The third-order valence-electron chi connectivity index (χ3n) is 3.17. The zero-order valence-corrected chi connectivity index (χ0v) is 15.9. The number of halogens is 6. The van der Waals surface area contributed by atoms with Gasteiger partial charge in [-0.05, 0) is 48.5 Å². The van der Waals surface area contributed by atoms with Gasteiger partial charge in [0.25, 0.3) is 0 Å². The molecule has 10 heteroatoms. The van der Waals surface area contributed by atoms with E-state index in [9.17, 15) is 27.2 Å². The fraction of sp³-hybridized carbons (Fsp3) is 0.125. The molecule has 2 aromatic carbocycles. The third kappa shape index (κ3) is 4.42. The number of alkyl halides is 4. The van der Waals surface area contributed by atoms with Crippen molar-refractivity contribution in [3.05, 3.63) is 57.5 Å². The van der Waals surface area contributed by atoms with Gasteiger partial charge in [0.15, 0.2) is 0 Å². The van der Waals surface area contributed by atoms with Gasteiger partial charge in [-0.15, -0.1) is 0 Å². The Morgan fingerprint density at radius 2 is 0.923 bits per heavy atom. The Balaban J connectivity index is 2.15. The average molecular weight is 498 g/mol. The van der Waals surface area contributed by atoms with E-state index >= 15 is 0 Å². The van der Waals surface area contributed by atoms with Gasteiger partial charge < -0.3 is 10.6 Å². The van der Waals surface area contributed by atoms with Crippen LogP contribution in [0.15, 0.2) is 57.5 Å². The van der Waals surface area contributed by atoms with E-state index in [1.165, 1.54) is 48.5 Å². The molecule has 0 heterocycles. The fourth-order valence-electron chi connectivity index (χ4n) is 1.77. The predicted octanol–water partition coefficient (Wildman–Crippen LogP) is 5.06. The standard InChI is InChI=1S/C16H10Br2F4N2O2/c17-9-1-5-11(6-2-9)23-13(25)15(19,20)16(21,22)14(26)24-12-7-3-10(18)4-8-12/h1-8H,(H,23,25)(H,24,26). The lowest BCUT2D eigenvalue weighted by atomic mass is 10.1. The Morgan fingerprint density at radius 1 is 0.654 bits per heavy atom. The van der Waals surface area contributed by atoms with E-state index in [0.29, 0.717) is 8.95 Å². The molecule has 0 saturated heterocycles. The number of nitrogens with one attached hydrogen (secondary N) is 2. The SMILES string of the molecule is O=C(Nc1ccc(Br)cc1)C(F)(F)C(F)(F)C(=O)Nc1ccc(Br)cc1. The zero-order valence-electron chi connectivity index (χ0n) is 12.7. The van der Waals surface area contributed by atoms with Crippen molar-refractivity contribution >= 4 is 55.0 Å². The smallest absolute Gasteiger partial charge is 0.321 e. The molecule has 0 aliphatic rings. The van der Waals surface area contributed by atoms with E-state index in [-0.39, 0.29) is 11.4 Å². The Bertz CT molecular complexity index is 743. The highest BCUT2D eigenvalue weighted by Crippen LogP contribution is 2.36. The maximum atomic E-state index is 13.9. The van der Waals surface area contributed by atoms with E-state index in [4.69, 9.17) is 0 Å². The molecule has 0 radical (unpaired) electrons. The van der Waals surface area contributed by atoms with Crippen molar-refractivity contribution in [2.75, 3.05) is 10.6 Å². The normalized spacial score (nSPS) is 11.8. The summed E-state index contributed by atoms with van der Waals surface area (Å²) in [5.74, 6) is -15.1. The topological polar surface area (TPSA) is 58.2 Å². The Morgan fingerprint density at radius 3 is 1.19 bits per heavy atom. The summed E-state index contributed by atoms with van der Waals surface area (Å²) in [6.45, 7) is 0. The summed E-state index contributed by atoms with van der Waals surface area (Å²) in [5.41, 5.74) is -0.246. The second kappa shape index (κ2) is 7.75. The molecule has 2 amide bonds. The zero-order chi connectivity index (χ0) is 19.5. The number of benzene rings is 2. The lowest BCUT2D eigenvalue weighted by molar-refractivity contribution is -0.204. The van der Waals surface area contributed by atoms with Crippen molar-refractivity contribution in [3.63, 3.8) is 0 Å². The molecule has 26 heavy (non-hydrogen) atoms. The van der Waals surface area contributed by atoms with E-state index in [0.717, 1.165) is 0 Å². The highest BCUT2D eigenvalue weighted by molar-refractivity contribution is 9.10. The van der Waals surface area contributed by atoms with Gasteiger partial charge in [0, 0.05) is 20.3 Å². The van der Waals surface area contributed by atoms with Crippen molar-refractivity contribution in [1.82, 2.24) is 0 Å². The molecule has 2 rings (SSSR count). The molecule has 0 aromatic heterocycles. The van der Waals surface area contributed by atoms with Crippen molar-refractivity contribution < 1.29 is 27.2 Å². The monoisotopic (exact) mass is 496 g/mol. The maximum Gasteiger partial charge on any atom is 0.396 e. The van der Waals surface area contributed by atoms with Crippen LogP contribution in [0.1, 0.15) is 0 Å². The lowest BCUT2D eigenvalue weighted by Gasteiger charge is -2.24. The van der Waals surface area contributed by atoms with Crippen LogP contribution in [0.4, 0.5) is 28.9 Å². The van der Waals surface area contributed by atoms with Gasteiger partial charge in [-0.25, -0.2) is 0 Å². The minimum Gasteiger partial charge on any atom is -0.321 e. The summed E-state index contributed by atoms with van der Waals surface area (Å²) in [5, 5.41) is 3.33. The molecular formula is C16H10Br2F4N2O2. The first-order chi connectivity index (χ1) is 12.0. The molecular weight excluding hydrogens is 488 g/mol. The predicted molar refractivity (Wildman–Crippen MR) is 95.4 cm³/mol. The van der Waals surface area contributed by atoms with Crippen LogP contribution < -0.4 is 10.6 Å². The number of amides is 2. The van der Waals surface area contributed by atoms with Crippen LogP contribution in [0.5, 0.6) is 0 Å². The molecule has 0 atom stereocenters. The van der Waals surface area contributed by atoms with Crippen LogP contribution in [0.2, 0.25) is 0 Å². The Hall–Kier alpha value is -1.94. The first-order valence-electron chi connectivity index (χ1n) is 6.93. The maximum absolute atomic E-state index is 13.9. The second-order valence-corrected chi connectivity index (χ2v) is 6.90. The summed E-state index contributed by atoms with van der Waals surface area (Å²) in [7, 11) is 0. The van der Waals surface area contributed by atoms with Crippen LogP contribution in [-0.2, 0) is 9.59 Å². The first-order valence-corrected chi connectivity index (χ1v) is 8.52. The molecule has 0 spiro atoms. The first kappa shape index (κ1) is 20.4. The van der Waals surface area contributed by atoms with Crippen molar-refractivity contribution in [2.45, 2.75) is 11.8 Å². The number of rotatable bonds is 5. The molecule has 0 fully saturated rings. The quantitative estimate of drug-likeness (QED) is 0.567. The molecule has 0 unspecified atom stereocenters. The molecule has 0 aliphatic heterocycles. The highest BCUT2D eigenvalue weighted by Gasteiger charge is 2.67. The average Bonchev–Trinajstić information content (AvgIpc) is 2.58. The van der Waals surface area contributed by atoms with Crippen LogP contribution in [0.3, 0.4) is 0 Å². The number of hydrogen-bond acceptors (Lipinski definition) is 2. The van der Waals surface area contributed by atoms with Gasteiger partial charge in [0.2, 0.25) is 0 Å². The Labute approximate surface area is 162 Å². The van der Waals surface area contributed by atoms with Crippen LogP contribution in [-0.4, -0.2) is 23.7 Å². The van der Waals surface area contributed by atoms with E-state index in [1.807, 2.05) is 0 Å². The summed E-state index contributed by atoms with van der Waals surface area (Å²) < 4.78 is 56.9. The van der Waals surface area contributed by atoms with Crippen molar-refractivity contribution in [1.29, 1.82) is 0 Å². The second-order valence-electron chi connectivity index (χ2n) is 5.07. The summed E-state index contributed by atoms with van der Waals surface area (Å²) >= 11 is 6.20. The van der Waals surface area contributed by atoms with Crippen LogP contribution in [0.25, 0.3) is 0 Å². The van der Waals surface area contributed by atoms with Gasteiger partial charge in [-0.1, -0.05) is 31.9 Å². The number of hydrogen-bond donors (Lipinski definition) is 2. The largest absolute Gasteiger partial charge is 0.396 e. The molecule has 2 N–H and O–H groups in total. The lowest BCUT2D eigenvalue weighted by Crippen LogP contribution is -2.56. The van der Waals surface area contributed by atoms with Gasteiger partial charge >= 0.3 is 23.7 Å². The minimum atomic E-state index is -5.26. The highest BCUT2D eigenvalue weighted by atomic mass is 79.9. The summed E-state index contributed by atoms with van der Waals surface area (Å²) in [6, 6.07) is 10.6. The van der Waals surface area contributed by atoms with Gasteiger partial charge in [0.1, 0.15) is 0 Å². The molecule has 2 aromatic rings. The van der Waals surface area contributed by atoms with Gasteiger partial charge in [-0.3, -0.25) is 9.59 Å². The third-order valence-corrected chi connectivity index (χ3v) is 4.23. The summed E-state index contributed by atoms with van der Waals surface area (Å²) in [6.07, 6.45) is 0. The van der Waals surface area contributed by atoms with Gasteiger partial charge in [-0.2, -0.15) is 17.6 Å². The van der Waals surface area contributed by atoms with Crippen molar-refractivity contribution in [2.24, 2.45) is 0 Å². The molecule has 138 valence electrons. The molecule has 0 bridgehead atoms.